The smallest absolute Gasteiger partial charge is 0.272 e. The Bertz CT molecular complexity index is 1090. The van der Waals surface area contributed by atoms with Gasteiger partial charge in [0.2, 0.25) is 5.91 Å². The van der Waals surface area contributed by atoms with Crippen LogP contribution in [-0.4, -0.2) is 58.4 Å². The largest absolute Gasteiger partial charge is 0.374 e. The maximum atomic E-state index is 13.2. The molecule has 0 spiro atoms. The third kappa shape index (κ3) is 3.55. The van der Waals surface area contributed by atoms with E-state index in [2.05, 4.69) is 4.98 Å². The number of amides is 2. The molecule has 0 radical (unpaired) electrons. The fourth-order valence-electron chi connectivity index (χ4n) is 4.34. The Balaban J connectivity index is 1.38. The summed E-state index contributed by atoms with van der Waals surface area (Å²) < 4.78 is 5.97. The van der Waals surface area contributed by atoms with E-state index in [9.17, 15) is 9.59 Å². The third-order valence-electron chi connectivity index (χ3n) is 5.91. The third-order valence-corrected chi connectivity index (χ3v) is 5.91. The van der Waals surface area contributed by atoms with Crippen LogP contribution < -0.4 is 0 Å². The molecule has 30 heavy (non-hydrogen) atoms. The van der Waals surface area contributed by atoms with Gasteiger partial charge in [-0.3, -0.25) is 9.59 Å². The molecule has 3 aromatic rings. The number of carbonyl (C=O) groups excluding carboxylic acids is 2. The number of pyridine rings is 1. The van der Waals surface area contributed by atoms with Crippen LogP contribution >= 0.6 is 0 Å². The second-order valence-corrected chi connectivity index (χ2v) is 7.83. The van der Waals surface area contributed by atoms with E-state index in [0.29, 0.717) is 38.4 Å². The molecule has 0 aliphatic carbocycles. The molecule has 2 aliphatic heterocycles. The van der Waals surface area contributed by atoms with Gasteiger partial charge in [-0.15, -0.1) is 0 Å². The minimum Gasteiger partial charge on any atom is -0.374 e. The first-order valence-electron chi connectivity index (χ1n) is 10.3. The first-order chi connectivity index (χ1) is 14.7. The SMILES string of the molecule is O=C(c1ccc2ccccc2n1)N1C[C@@H]2OCCC(=O)N(Cc3ccccc3)[C@H]2C1. The zero-order chi connectivity index (χ0) is 20.5. The van der Waals surface area contributed by atoms with Crippen molar-refractivity contribution in [3.63, 3.8) is 0 Å². The number of fused-ring (bicyclic) bond motifs is 2. The fourth-order valence-corrected chi connectivity index (χ4v) is 4.34. The molecule has 0 N–H and O–H groups in total. The summed E-state index contributed by atoms with van der Waals surface area (Å²) >= 11 is 0. The molecular formula is C24H23N3O3. The summed E-state index contributed by atoms with van der Waals surface area (Å²) in [5.41, 5.74) is 2.30. The molecule has 2 aliphatic rings. The Hall–Kier alpha value is -3.25. The van der Waals surface area contributed by atoms with Gasteiger partial charge in [-0.25, -0.2) is 4.98 Å². The lowest BCUT2D eigenvalue weighted by Gasteiger charge is -2.29. The minimum atomic E-state index is -0.176. The number of hydrogen-bond donors (Lipinski definition) is 0. The number of benzene rings is 2. The van der Waals surface area contributed by atoms with Crippen molar-refractivity contribution in [1.82, 2.24) is 14.8 Å². The number of carbonyl (C=O) groups is 2. The van der Waals surface area contributed by atoms with Crippen LogP contribution in [0.5, 0.6) is 0 Å². The summed E-state index contributed by atoms with van der Waals surface area (Å²) in [5.74, 6) is -0.0472. The minimum absolute atomic E-state index is 0.0736. The van der Waals surface area contributed by atoms with Crippen LogP contribution in [0.1, 0.15) is 22.5 Å². The van der Waals surface area contributed by atoms with Crippen LogP contribution in [0.2, 0.25) is 0 Å². The molecule has 2 saturated heterocycles. The predicted octanol–water partition coefficient (Wildman–Crippen LogP) is 2.88. The fraction of sp³-hybridized carbons (Fsp3) is 0.292. The predicted molar refractivity (Wildman–Crippen MR) is 113 cm³/mol. The average molecular weight is 401 g/mol. The van der Waals surface area contributed by atoms with E-state index < -0.39 is 0 Å². The van der Waals surface area contributed by atoms with Crippen LogP contribution in [-0.2, 0) is 16.1 Å². The molecule has 0 unspecified atom stereocenters. The zero-order valence-electron chi connectivity index (χ0n) is 16.6. The second kappa shape index (κ2) is 7.88. The molecule has 0 bridgehead atoms. The molecule has 6 nitrogen and oxygen atoms in total. The number of rotatable bonds is 3. The Morgan fingerprint density at radius 2 is 1.80 bits per heavy atom. The standard InChI is InChI=1S/C24H23N3O3/c28-23-12-13-30-22-16-26(15-21(22)27(23)14-17-6-2-1-3-7-17)24(29)20-11-10-18-8-4-5-9-19(18)25-20/h1-11,21-22H,12-16H2/t21-,22-/m0/s1. The molecule has 2 fully saturated rings. The monoisotopic (exact) mass is 401 g/mol. The normalized spacial score (nSPS) is 21.5. The van der Waals surface area contributed by atoms with E-state index in [4.69, 9.17) is 4.74 Å². The van der Waals surface area contributed by atoms with E-state index in [0.717, 1.165) is 16.5 Å². The van der Waals surface area contributed by atoms with E-state index in [-0.39, 0.29) is 24.0 Å². The summed E-state index contributed by atoms with van der Waals surface area (Å²) in [6, 6.07) is 21.2. The Morgan fingerprint density at radius 3 is 2.67 bits per heavy atom. The Kier molecular flexibility index (Phi) is 4.93. The molecule has 6 heteroatoms. The lowest BCUT2D eigenvalue weighted by molar-refractivity contribution is -0.133. The van der Waals surface area contributed by atoms with E-state index in [1.807, 2.05) is 65.6 Å². The first kappa shape index (κ1) is 18.8. The molecular weight excluding hydrogens is 378 g/mol. The molecule has 0 saturated carbocycles. The van der Waals surface area contributed by atoms with Gasteiger partial charge in [-0.05, 0) is 17.7 Å². The van der Waals surface area contributed by atoms with Crippen molar-refractivity contribution in [2.45, 2.75) is 25.1 Å². The maximum Gasteiger partial charge on any atom is 0.272 e. The summed E-state index contributed by atoms with van der Waals surface area (Å²) in [7, 11) is 0. The number of ether oxygens (including phenoxy) is 1. The summed E-state index contributed by atoms with van der Waals surface area (Å²) in [6.45, 7) is 1.84. The molecule has 1 aromatic heterocycles. The van der Waals surface area contributed by atoms with Crippen LogP contribution in [0.3, 0.4) is 0 Å². The Labute approximate surface area is 175 Å². The summed E-state index contributed by atoms with van der Waals surface area (Å²) in [4.78, 5) is 34.1. The van der Waals surface area contributed by atoms with Crippen molar-refractivity contribution in [3.05, 3.63) is 78.0 Å². The van der Waals surface area contributed by atoms with Crippen LogP contribution in [0.4, 0.5) is 0 Å². The number of likely N-dealkylation sites (tertiary alicyclic amines) is 1. The lowest BCUT2D eigenvalue weighted by Crippen LogP contribution is -2.45. The van der Waals surface area contributed by atoms with Gasteiger partial charge in [0.25, 0.3) is 5.91 Å². The van der Waals surface area contributed by atoms with Crippen molar-refractivity contribution in [2.75, 3.05) is 19.7 Å². The topological polar surface area (TPSA) is 62.7 Å². The van der Waals surface area contributed by atoms with Crippen molar-refractivity contribution in [1.29, 1.82) is 0 Å². The molecule has 2 aromatic carbocycles. The molecule has 2 atom stereocenters. The van der Waals surface area contributed by atoms with Crippen molar-refractivity contribution in [3.8, 4) is 0 Å². The zero-order valence-corrected chi connectivity index (χ0v) is 16.6. The summed E-state index contributed by atoms with van der Waals surface area (Å²) in [5, 5.41) is 1.00. The first-order valence-corrected chi connectivity index (χ1v) is 10.3. The highest BCUT2D eigenvalue weighted by atomic mass is 16.5. The van der Waals surface area contributed by atoms with Crippen molar-refractivity contribution >= 4 is 22.7 Å². The molecule has 5 rings (SSSR count). The van der Waals surface area contributed by atoms with Crippen molar-refractivity contribution in [2.24, 2.45) is 0 Å². The quantitative estimate of drug-likeness (QED) is 0.677. The maximum absolute atomic E-state index is 13.2. The van der Waals surface area contributed by atoms with Gasteiger partial charge in [-0.1, -0.05) is 54.6 Å². The summed E-state index contributed by atoms with van der Waals surface area (Å²) in [6.07, 6.45) is 0.199. The van der Waals surface area contributed by atoms with Gasteiger partial charge >= 0.3 is 0 Å². The number of hydrogen-bond acceptors (Lipinski definition) is 4. The average Bonchev–Trinajstić information content (AvgIpc) is 3.15. The molecule has 2 amide bonds. The second-order valence-electron chi connectivity index (χ2n) is 7.83. The van der Waals surface area contributed by atoms with Crippen LogP contribution in [0.15, 0.2) is 66.7 Å². The van der Waals surface area contributed by atoms with E-state index in [1.165, 1.54) is 0 Å². The van der Waals surface area contributed by atoms with Gasteiger partial charge in [-0.2, -0.15) is 0 Å². The number of aromatic nitrogens is 1. The van der Waals surface area contributed by atoms with Crippen molar-refractivity contribution < 1.29 is 14.3 Å². The highest BCUT2D eigenvalue weighted by Gasteiger charge is 2.43. The van der Waals surface area contributed by atoms with E-state index >= 15 is 0 Å². The highest BCUT2D eigenvalue weighted by molar-refractivity contribution is 5.95. The van der Waals surface area contributed by atoms with E-state index in [1.54, 1.807) is 11.0 Å². The van der Waals surface area contributed by atoms with Gasteiger partial charge < -0.3 is 14.5 Å². The molecule has 3 heterocycles. The van der Waals surface area contributed by atoms with Gasteiger partial charge in [0, 0.05) is 25.0 Å². The van der Waals surface area contributed by atoms with Gasteiger partial charge in [0.1, 0.15) is 5.69 Å². The van der Waals surface area contributed by atoms with Gasteiger partial charge in [0.05, 0.1) is 30.7 Å². The van der Waals surface area contributed by atoms with Crippen LogP contribution in [0, 0.1) is 0 Å². The van der Waals surface area contributed by atoms with Gasteiger partial charge in [0.15, 0.2) is 0 Å². The van der Waals surface area contributed by atoms with Crippen LogP contribution in [0.25, 0.3) is 10.9 Å². The Morgan fingerprint density at radius 1 is 1.00 bits per heavy atom. The number of para-hydroxylation sites is 1. The lowest BCUT2D eigenvalue weighted by atomic mass is 10.1. The molecule has 152 valence electrons. The highest BCUT2D eigenvalue weighted by Crippen LogP contribution is 2.26. The number of nitrogens with zero attached hydrogens (tertiary/aromatic N) is 3.